The zero-order chi connectivity index (χ0) is 15.1. The molecule has 1 atom stereocenters. The van der Waals surface area contributed by atoms with E-state index in [1.54, 1.807) is 11.0 Å². The average Bonchev–Trinajstić information content (AvgIpc) is 3.00. The number of benzene rings is 1. The smallest absolute Gasteiger partial charge is 0.223 e. The Kier molecular flexibility index (Phi) is 5.49. The minimum atomic E-state index is 0.0427. The quantitative estimate of drug-likeness (QED) is 0.851. The molecule has 5 nitrogen and oxygen atoms in total. The van der Waals surface area contributed by atoms with E-state index in [1.165, 1.54) is 0 Å². The van der Waals surface area contributed by atoms with Crippen LogP contribution < -0.4 is 5.32 Å². The van der Waals surface area contributed by atoms with E-state index in [0.717, 1.165) is 24.9 Å². The maximum absolute atomic E-state index is 11.9. The third-order valence-electron chi connectivity index (χ3n) is 3.42. The molecule has 0 radical (unpaired) electrons. The van der Waals surface area contributed by atoms with Crippen LogP contribution in [0.15, 0.2) is 36.7 Å². The second kappa shape index (κ2) is 7.57. The number of unbranched alkanes of at least 4 members (excludes halogenated alkanes) is 1. The molecule has 1 amide bonds. The molecule has 0 aliphatic carbocycles. The lowest BCUT2D eigenvalue weighted by molar-refractivity contribution is -0.124. The molecule has 21 heavy (non-hydrogen) atoms. The van der Waals surface area contributed by atoms with Gasteiger partial charge in [0.25, 0.3) is 0 Å². The highest BCUT2D eigenvalue weighted by atomic mass is 16.1. The Labute approximate surface area is 125 Å². The number of amides is 1. The second-order valence-electron chi connectivity index (χ2n) is 5.20. The van der Waals surface area contributed by atoms with Gasteiger partial charge in [0.15, 0.2) is 5.82 Å². The highest BCUT2D eigenvalue weighted by Gasteiger charge is 2.12. The molecule has 1 heterocycles. The summed E-state index contributed by atoms with van der Waals surface area (Å²) in [6, 6.07) is 9.79. The van der Waals surface area contributed by atoms with Crippen molar-refractivity contribution < 1.29 is 4.79 Å². The van der Waals surface area contributed by atoms with Gasteiger partial charge in [-0.1, -0.05) is 44.9 Å². The van der Waals surface area contributed by atoms with Gasteiger partial charge >= 0.3 is 0 Å². The molecule has 0 bridgehead atoms. The van der Waals surface area contributed by atoms with Gasteiger partial charge in [0.05, 0.1) is 12.2 Å². The van der Waals surface area contributed by atoms with Crippen molar-refractivity contribution in [2.24, 2.45) is 5.92 Å². The number of para-hydroxylation sites is 1. The molecule has 1 N–H and O–H groups in total. The molecular weight excluding hydrogens is 264 g/mol. The highest BCUT2D eigenvalue weighted by molar-refractivity contribution is 5.78. The third-order valence-corrected chi connectivity index (χ3v) is 3.42. The first kappa shape index (κ1) is 15.2. The number of rotatable bonds is 7. The van der Waals surface area contributed by atoms with E-state index in [1.807, 2.05) is 37.3 Å². The lowest BCUT2D eigenvalue weighted by atomic mass is 10.0. The van der Waals surface area contributed by atoms with Gasteiger partial charge in [0.1, 0.15) is 6.33 Å². The van der Waals surface area contributed by atoms with Crippen molar-refractivity contribution in [3.8, 4) is 5.69 Å². The molecule has 0 saturated carbocycles. The first-order chi connectivity index (χ1) is 10.2. The number of nitrogens with zero attached hydrogens (tertiary/aromatic N) is 3. The van der Waals surface area contributed by atoms with Crippen LogP contribution >= 0.6 is 0 Å². The number of carbonyl (C=O) groups is 1. The van der Waals surface area contributed by atoms with E-state index in [4.69, 9.17) is 0 Å². The largest absolute Gasteiger partial charge is 0.348 e. The SMILES string of the molecule is CCCC[C@H](C)C(=O)NCc1ncn(-c2ccccc2)n1. The van der Waals surface area contributed by atoms with Gasteiger partial charge < -0.3 is 5.32 Å². The van der Waals surface area contributed by atoms with Gasteiger partial charge in [-0.2, -0.15) is 0 Å². The van der Waals surface area contributed by atoms with Crippen LogP contribution in [-0.4, -0.2) is 20.7 Å². The molecule has 0 spiro atoms. The fourth-order valence-corrected chi connectivity index (χ4v) is 2.07. The zero-order valence-electron chi connectivity index (χ0n) is 12.6. The van der Waals surface area contributed by atoms with Crippen LogP contribution in [0.3, 0.4) is 0 Å². The fourth-order valence-electron chi connectivity index (χ4n) is 2.07. The summed E-state index contributed by atoms with van der Waals surface area (Å²) in [6.07, 6.45) is 4.78. The second-order valence-corrected chi connectivity index (χ2v) is 5.20. The minimum absolute atomic E-state index is 0.0427. The van der Waals surface area contributed by atoms with Gasteiger partial charge in [0, 0.05) is 5.92 Å². The zero-order valence-corrected chi connectivity index (χ0v) is 12.6. The Bertz CT molecular complexity index is 565. The fraction of sp³-hybridized carbons (Fsp3) is 0.438. The van der Waals surface area contributed by atoms with Crippen LogP contribution in [0, 0.1) is 5.92 Å². The van der Waals surface area contributed by atoms with Gasteiger partial charge in [-0.05, 0) is 18.6 Å². The van der Waals surface area contributed by atoms with Crippen LogP contribution in [0.1, 0.15) is 38.9 Å². The number of hydrogen-bond donors (Lipinski definition) is 1. The lowest BCUT2D eigenvalue weighted by Gasteiger charge is -2.10. The summed E-state index contributed by atoms with van der Waals surface area (Å²) in [5, 5.41) is 7.26. The summed E-state index contributed by atoms with van der Waals surface area (Å²) in [5.74, 6) is 0.732. The molecule has 2 aromatic rings. The maximum Gasteiger partial charge on any atom is 0.223 e. The van der Waals surface area contributed by atoms with Crippen molar-refractivity contribution in [3.05, 3.63) is 42.5 Å². The van der Waals surface area contributed by atoms with Crippen LogP contribution in [0.2, 0.25) is 0 Å². The monoisotopic (exact) mass is 286 g/mol. The predicted octanol–water partition coefficient (Wildman–Crippen LogP) is 2.71. The van der Waals surface area contributed by atoms with E-state index >= 15 is 0 Å². The topological polar surface area (TPSA) is 59.8 Å². The highest BCUT2D eigenvalue weighted by Crippen LogP contribution is 2.08. The molecule has 0 fully saturated rings. The average molecular weight is 286 g/mol. The molecule has 2 rings (SSSR count). The molecule has 1 aromatic heterocycles. The van der Waals surface area contributed by atoms with Crippen LogP contribution in [0.25, 0.3) is 5.69 Å². The Morgan fingerprint density at radius 3 is 2.81 bits per heavy atom. The molecular formula is C16H22N4O. The van der Waals surface area contributed by atoms with Gasteiger partial charge in [-0.15, -0.1) is 5.10 Å². The number of nitrogens with one attached hydrogen (secondary N) is 1. The van der Waals surface area contributed by atoms with Crippen molar-refractivity contribution in [2.45, 2.75) is 39.7 Å². The van der Waals surface area contributed by atoms with Crippen LogP contribution in [-0.2, 0) is 11.3 Å². The first-order valence-electron chi connectivity index (χ1n) is 7.44. The summed E-state index contributed by atoms with van der Waals surface area (Å²) >= 11 is 0. The Balaban J connectivity index is 1.87. The maximum atomic E-state index is 11.9. The van der Waals surface area contributed by atoms with E-state index < -0.39 is 0 Å². The third kappa shape index (κ3) is 4.41. The standard InChI is InChI=1S/C16H22N4O/c1-3-4-8-13(2)16(21)17-11-15-18-12-20(19-15)14-9-6-5-7-10-14/h5-7,9-10,12-13H,3-4,8,11H2,1-2H3,(H,17,21)/t13-/m0/s1. The van der Waals surface area contributed by atoms with Crippen molar-refractivity contribution in [2.75, 3.05) is 0 Å². The molecule has 1 aromatic carbocycles. The molecule has 0 aliphatic rings. The summed E-state index contributed by atoms with van der Waals surface area (Å²) in [7, 11) is 0. The van der Waals surface area contributed by atoms with Gasteiger partial charge in [-0.3, -0.25) is 4.79 Å². The Hall–Kier alpha value is -2.17. The van der Waals surface area contributed by atoms with Crippen molar-refractivity contribution >= 4 is 5.91 Å². The Morgan fingerprint density at radius 2 is 2.10 bits per heavy atom. The summed E-state index contributed by atoms with van der Waals surface area (Å²) < 4.78 is 1.71. The number of hydrogen-bond acceptors (Lipinski definition) is 3. The lowest BCUT2D eigenvalue weighted by Crippen LogP contribution is -2.29. The van der Waals surface area contributed by atoms with Crippen molar-refractivity contribution in [1.82, 2.24) is 20.1 Å². The Morgan fingerprint density at radius 1 is 1.33 bits per heavy atom. The van der Waals surface area contributed by atoms with Crippen molar-refractivity contribution in [3.63, 3.8) is 0 Å². The van der Waals surface area contributed by atoms with E-state index in [9.17, 15) is 4.79 Å². The van der Waals surface area contributed by atoms with Crippen LogP contribution in [0.4, 0.5) is 0 Å². The number of carbonyl (C=O) groups excluding carboxylic acids is 1. The summed E-state index contributed by atoms with van der Waals surface area (Å²) in [4.78, 5) is 16.1. The summed E-state index contributed by atoms with van der Waals surface area (Å²) in [5.41, 5.74) is 0.957. The molecule has 5 heteroatoms. The first-order valence-corrected chi connectivity index (χ1v) is 7.44. The van der Waals surface area contributed by atoms with E-state index in [2.05, 4.69) is 22.3 Å². The molecule has 0 aliphatic heterocycles. The number of aromatic nitrogens is 3. The normalized spacial score (nSPS) is 12.1. The van der Waals surface area contributed by atoms with Crippen LogP contribution in [0.5, 0.6) is 0 Å². The molecule has 0 unspecified atom stereocenters. The minimum Gasteiger partial charge on any atom is -0.348 e. The van der Waals surface area contributed by atoms with E-state index in [-0.39, 0.29) is 11.8 Å². The van der Waals surface area contributed by atoms with Gasteiger partial charge in [0.2, 0.25) is 5.91 Å². The van der Waals surface area contributed by atoms with Gasteiger partial charge in [-0.25, -0.2) is 9.67 Å². The predicted molar refractivity (Wildman–Crippen MR) is 81.9 cm³/mol. The molecule has 0 saturated heterocycles. The molecule has 112 valence electrons. The van der Waals surface area contributed by atoms with E-state index in [0.29, 0.717) is 12.4 Å². The van der Waals surface area contributed by atoms with Crippen molar-refractivity contribution in [1.29, 1.82) is 0 Å². The summed E-state index contributed by atoms with van der Waals surface area (Å²) in [6.45, 7) is 4.46.